The van der Waals surface area contributed by atoms with Gasteiger partial charge in [0.05, 0.1) is 7.11 Å². The highest BCUT2D eigenvalue weighted by atomic mass is 79.9. The zero-order chi connectivity index (χ0) is 15.3. The first-order valence-corrected chi connectivity index (χ1v) is 8.51. The largest absolute Gasteiger partial charge is 0.467 e. The van der Waals surface area contributed by atoms with Crippen molar-refractivity contribution in [3.63, 3.8) is 0 Å². The molecule has 116 valence electrons. The molecule has 2 rings (SSSR count). The molecule has 3 nitrogen and oxygen atoms in total. The smallest absolute Gasteiger partial charge is 0.331 e. The van der Waals surface area contributed by atoms with E-state index in [4.69, 9.17) is 4.74 Å². The Morgan fingerprint density at radius 2 is 2.14 bits per heavy atom. The molecule has 0 aromatic heterocycles. The Balaban J connectivity index is 2.25. The van der Waals surface area contributed by atoms with E-state index < -0.39 is 5.54 Å². The number of anilines is 1. The lowest BCUT2D eigenvalue weighted by Gasteiger charge is -2.32. The van der Waals surface area contributed by atoms with Gasteiger partial charge >= 0.3 is 5.97 Å². The van der Waals surface area contributed by atoms with Gasteiger partial charge in [-0.25, -0.2) is 4.79 Å². The van der Waals surface area contributed by atoms with Gasteiger partial charge in [-0.05, 0) is 53.2 Å². The molecule has 1 aliphatic rings. The van der Waals surface area contributed by atoms with Gasteiger partial charge in [-0.3, -0.25) is 0 Å². The second kappa shape index (κ2) is 7.30. The van der Waals surface area contributed by atoms with Crippen LogP contribution in [0.3, 0.4) is 0 Å². The Labute approximate surface area is 135 Å². The first-order chi connectivity index (χ1) is 10.1. The number of para-hydroxylation sites is 1. The highest BCUT2D eigenvalue weighted by molar-refractivity contribution is 9.10. The molecule has 1 aromatic rings. The maximum absolute atomic E-state index is 12.5. The average Bonchev–Trinajstić information content (AvgIpc) is 2.72. The summed E-state index contributed by atoms with van der Waals surface area (Å²) in [6.45, 7) is 2.23. The predicted molar refractivity (Wildman–Crippen MR) is 89.4 cm³/mol. The van der Waals surface area contributed by atoms with Gasteiger partial charge in [0.2, 0.25) is 0 Å². The van der Waals surface area contributed by atoms with E-state index in [0.717, 1.165) is 41.8 Å². The first kappa shape index (κ1) is 16.3. The van der Waals surface area contributed by atoms with Gasteiger partial charge in [0.25, 0.3) is 0 Å². The number of ether oxygens (including phenoxy) is 1. The van der Waals surface area contributed by atoms with Crippen molar-refractivity contribution in [1.82, 2.24) is 0 Å². The van der Waals surface area contributed by atoms with Gasteiger partial charge in [0, 0.05) is 10.2 Å². The second-order valence-corrected chi connectivity index (χ2v) is 6.74. The molecule has 0 radical (unpaired) electrons. The number of hydrogen-bond donors (Lipinski definition) is 1. The Kier molecular flexibility index (Phi) is 5.68. The molecule has 0 aliphatic heterocycles. The van der Waals surface area contributed by atoms with Gasteiger partial charge < -0.3 is 10.1 Å². The first-order valence-electron chi connectivity index (χ1n) is 7.72. The highest BCUT2D eigenvalue weighted by Crippen LogP contribution is 2.36. The Hall–Kier alpha value is -1.03. The molecule has 2 unspecified atom stereocenters. The number of esters is 1. The van der Waals surface area contributed by atoms with Crippen molar-refractivity contribution in [3.05, 3.63) is 28.7 Å². The summed E-state index contributed by atoms with van der Waals surface area (Å²) in [6.07, 6.45) is 6.18. The Bertz CT molecular complexity index is 491. The fraction of sp³-hybridized carbons (Fsp3) is 0.588. The van der Waals surface area contributed by atoms with Crippen LogP contribution in [0.15, 0.2) is 28.7 Å². The van der Waals surface area contributed by atoms with E-state index in [9.17, 15) is 4.79 Å². The third kappa shape index (κ3) is 3.79. The molecule has 21 heavy (non-hydrogen) atoms. The summed E-state index contributed by atoms with van der Waals surface area (Å²) in [4.78, 5) is 12.5. The molecule has 1 aromatic carbocycles. The van der Waals surface area contributed by atoms with Crippen LogP contribution in [0.2, 0.25) is 0 Å². The molecular weight excluding hydrogens is 330 g/mol. The molecule has 0 amide bonds. The molecule has 1 saturated carbocycles. The monoisotopic (exact) mass is 353 g/mol. The van der Waals surface area contributed by atoms with Gasteiger partial charge in [-0.15, -0.1) is 0 Å². The summed E-state index contributed by atoms with van der Waals surface area (Å²) in [5.74, 6) is 0.576. The molecule has 0 heterocycles. The molecular formula is C17H24BrNO2. The number of hydrogen-bond acceptors (Lipinski definition) is 3. The van der Waals surface area contributed by atoms with E-state index in [2.05, 4.69) is 28.2 Å². The second-order valence-electron chi connectivity index (χ2n) is 5.88. The van der Waals surface area contributed by atoms with Gasteiger partial charge in [-0.2, -0.15) is 0 Å². The van der Waals surface area contributed by atoms with E-state index >= 15 is 0 Å². The quantitative estimate of drug-likeness (QED) is 0.626. The van der Waals surface area contributed by atoms with Gasteiger partial charge in [0.1, 0.15) is 5.54 Å². The molecule has 1 N–H and O–H groups in total. The van der Waals surface area contributed by atoms with Crippen molar-refractivity contribution in [2.45, 2.75) is 51.0 Å². The number of nitrogens with one attached hydrogen (secondary N) is 1. The molecule has 0 spiro atoms. The van der Waals surface area contributed by atoms with Crippen LogP contribution >= 0.6 is 15.9 Å². The number of halogens is 1. The molecule has 2 atom stereocenters. The highest BCUT2D eigenvalue weighted by Gasteiger charge is 2.41. The van der Waals surface area contributed by atoms with E-state index in [1.807, 2.05) is 24.3 Å². The zero-order valence-corrected chi connectivity index (χ0v) is 14.4. The van der Waals surface area contributed by atoms with Crippen LogP contribution in [0.5, 0.6) is 0 Å². The lowest BCUT2D eigenvalue weighted by molar-refractivity contribution is -0.146. The third-order valence-corrected chi connectivity index (χ3v) is 5.29. The van der Waals surface area contributed by atoms with Crippen molar-refractivity contribution in [2.24, 2.45) is 5.92 Å². The topological polar surface area (TPSA) is 38.3 Å². The summed E-state index contributed by atoms with van der Waals surface area (Å²) in [7, 11) is 1.48. The summed E-state index contributed by atoms with van der Waals surface area (Å²) in [6, 6.07) is 7.93. The maximum atomic E-state index is 12.5. The van der Waals surface area contributed by atoms with Crippen LogP contribution < -0.4 is 5.32 Å². The minimum absolute atomic E-state index is 0.144. The van der Waals surface area contributed by atoms with E-state index in [-0.39, 0.29) is 5.97 Å². The normalized spacial score (nSPS) is 26.0. The fourth-order valence-electron chi connectivity index (χ4n) is 3.22. The lowest BCUT2D eigenvalue weighted by Crippen LogP contribution is -2.47. The summed E-state index contributed by atoms with van der Waals surface area (Å²) in [5, 5.41) is 3.48. The Morgan fingerprint density at radius 3 is 2.81 bits per heavy atom. The van der Waals surface area contributed by atoms with Gasteiger partial charge in [-0.1, -0.05) is 38.3 Å². The van der Waals surface area contributed by atoms with Crippen molar-refractivity contribution in [3.8, 4) is 0 Å². The Morgan fingerprint density at radius 1 is 1.38 bits per heavy atom. The molecule has 0 bridgehead atoms. The van der Waals surface area contributed by atoms with Gasteiger partial charge in [0.15, 0.2) is 0 Å². The van der Waals surface area contributed by atoms with Crippen LogP contribution in [-0.4, -0.2) is 18.6 Å². The standard InChI is InChI=1S/C17H24BrNO2/c1-3-13-7-6-11-17(12-10-13,16(20)21-2)19-15-9-5-4-8-14(15)18/h4-5,8-9,13,19H,3,6-7,10-12H2,1-2H3. The molecule has 4 heteroatoms. The zero-order valence-electron chi connectivity index (χ0n) is 12.8. The van der Waals surface area contributed by atoms with Crippen LogP contribution in [0.25, 0.3) is 0 Å². The number of carbonyl (C=O) groups excluding carboxylic acids is 1. The summed E-state index contributed by atoms with van der Waals surface area (Å²) >= 11 is 3.55. The van der Waals surface area contributed by atoms with Crippen LogP contribution in [0.4, 0.5) is 5.69 Å². The van der Waals surface area contributed by atoms with Crippen molar-refractivity contribution >= 4 is 27.6 Å². The number of rotatable bonds is 4. The minimum Gasteiger partial charge on any atom is -0.467 e. The fourth-order valence-corrected chi connectivity index (χ4v) is 3.60. The molecule has 1 aliphatic carbocycles. The van der Waals surface area contributed by atoms with Crippen LogP contribution in [0.1, 0.15) is 45.4 Å². The van der Waals surface area contributed by atoms with Crippen molar-refractivity contribution < 1.29 is 9.53 Å². The van der Waals surface area contributed by atoms with Crippen LogP contribution in [-0.2, 0) is 9.53 Å². The van der Waals surface area contributed by atoms with Crippen molar-refractivity contribution in [2.75, 3.05) is 12.4 Å². The maximum Gasteiger partial charge on any atom is 0.331 e. The van der Waals surface area contributed by atoms with E-state index in [0.29, 0.717) is 0 Å². The number of carbonyl (C=O) groups is 1. The van der Waals surface area contributed by atoms with E-state index in [1.165, 1.54) is 20.0 Å². The molecule has 0 saturated heterocycles. The lowest BCUT2D eigenvalue weighted by atomic mass is 9.88. The number of methoxy groups -OCH3 is 1. The molecule has 1 fully saturated rings. The van der Waals surface area contributed by atoms with E-state index in [1.54, 1.807) is 0 Å². The SMILES string of the molecule is CCC1CCCC(Nc2ccccc2Br)(C(=O)OC)CC1. The summed E-state index contributed by atoms with van der Waals surface area (Å²) in [5.41, 5.74) is 0.362. The average molecular weight is 354 g/mol. The van der Waals surface area contributed by atoms with Crippen molar-refractivity contribution in [1.29, 1.82) is 0 Å². The predicted octanol–water partition coefficient (Wildman–Crippen LogP) is 4.76. The third-order valence-electron chi connectivity index (χ3n) is 4.60. The van der Waals surface area contributed by atoms with Crippen LogP contribution in [0, 0.1) is 5.92 Å². The number of benzene rings is 1. The minimum atomic E-state index is -0.595. The summed E-state index contributed by atoms with van der Waals surface area (Å²) < 4.78 is 6.09.